The van der Waals surface area contributed by atoms with Crippen LogP contribution in [0.5, 0.6) is 0 Å². The number of guanidine groups is 1. The van der Waals surface area contributed by atoms with E-state index >= 15 is 0 Å². The number of hydrogen-bond donors (Lipinski definition) is 3. The second kappa shape index (κ2) is 8.06. The summed E-state index contributed by atoms with van der Waals surface area (Å²) in [6, 6.07) is -0.987. The molecule has 0 heterocycles. The van der Waals surface area contributed by atoms with Gasteiger partial charge in [-0.1, -0.05) is 0 Å². The molecule has 0 bridgehead atoms. The molecule has 0 aromatic heterocycles. The largest absolute Gasteiger partial charge is 0.370 e. The van der Waals surface area contributed by atoms with E-state index in [2.05, 4.69) is 9.83 Å². The fraction of sp³-hybridized carbons (Fsp3) is 0.750. The van der Waals surface area contributed by atoms with E-state index in [1.54, 1.807) is 0 Å². The lowest BCUT2D eigenvalue weighted by molar-refractivity contribution is -0.549. The molecule has 10 heteroatoms. The van der Waals surface area contributed by atoms with E-state index < -0.39 is 17.0 Å². The van der Waals surface area contributed by atoms with Crippen LogP contribution in [0.25, 0.3) is 0 Å². The van der Waals surface area contributed by atoms with Crippen molar-refractivity contribution in [3.8, 4) is 0 Å². The van der Waals surface area contributed by atoms with Gasteiger partial charge in [-0.2, -0.15) is 0 Å². The van der Waals surface area contributed by atoms with Gasteiger partial charge in [0.15, 0.2) is 17.0 Å². The first-order valence-corrected chi connectivity index (χ1v) is 5.16. The smallest absolute Gasteiger partial charge is 0.274 e. The Balaban J connectivity index is 4.36. The Morgan fingerprint density at radius 3 is 2.67 bits per heavy atom. The number of nitrogens with two attached hydrogens (primary N) is 2. The molecule has 1 atom stereocenters. The van der Waals surface area contributed by atoms with E-state index in [1.165, 1.54) is 14.2 Å². The SMILES string of the molecule is CON(C)C(=O)[C@H](CCCN=C(N)N)N[N+](=O)[O-]. The highest BCUT2D eigenvalue weighted by molar-refractivity contribution is 5.80. The van der Waals surface area contributed by atoms with E-state index in [0.717, 1.165) is 5.06 Å². The fourth-order valence-corrected chi connectivity index (χ4v) is 1.18. The summed E-state index contributed by atoms with van der Waals surface area (Å²) in [5.74, 6) is -0.604. The highest BCUT2D eigenvalue weighted by atomic mass is 16.7. The summed E-state index contributed by atoms with van der Waals surface area (Å²) in [5.41, 5.74) is 12.2. The molecule has 18 heavy (non-hydrogen) atoms. The topological polar surface area (TPSA) is 149 Å². The van der Waals surface area contributed by atoms with Crippen LogP contribution in [-0.4, -0.2) is 48.7 Å². The number of carbonyl (C=O) groups excluding carboxylic acids is 1. The molecule has 0 unspecified atom stereocenters. The summed E-state index contributed by atoms with van der Waals surface area (Å²) < 4.78 is 0. The number of nitrogens with one attached hydrogen (secondary N) is 1. The van der Waals surface area contributed by atoms with Crippen LogP contribution in [0.15, 0.2) is 4.99 Å². The van der Waals surface area contributed by atoms with E-state index in [4.69, 9.17) is 11.5 Å². The van der Waals surface area contributed by atoms with Crippen molar-refractivity contribution < 1.29 is 14.7 Å². The van der Waals surface area contributed by atoms with Crippen molar-refractivity contribution in [3.63, 3.8) is 0 Å². The van der Waals surface area contributed by atoms with Gasteiger partial charge in [0, 0.05) is 13.6 Å². The van der Waals surface area contributed by atoms with Gasteiger partial charge in [-0.25, -0.2) is 15.2 Å². The molecule has 5 N–H and O–H groups in total. The molecule has 0 rings (SSSR count). The van der Waals surface area contributed by atoms with Gasteiger partial charge in [0.2, 0.25) is 0 Å². The molecule has 0 spiro atoms. The van der Waals surface area contributed by atoms with Crippen LogP contribution in [-0.2, 0) is 9.63 Å². The number of carbonyl (C=O) groups is 1. The molecule has 0 radical (unpaired) electrons. The molecule has 0 aromatic carbocycles. The van der Waals surface area contributed by atoms with Gasteiger partial charge < -0.3 is 11.5 Å². The van der Waals surface area contributed by atoms with E-state index in [1.807, 2.05) is 5.43 Å². The van der Waals surface area contributed by atoms with Crippen molar-refractivity contribution in [1.29, 1.82) is 0 Å². The maximum atomic E-state index is 11.7. The number of likely N-dealkylation sites (N-methyl/N-ethyl adjacent to an activating group) is 1. The van der Waals surface area contributed by atoms with Gasteiger partial charge in [0.1, 0.15) is 0 Å². The quantitative estimate of drug-likeness (QED) is 0.154. The Kier molecular flexibility index (Phi) is 7.12. The number of hydrogen-bond acceptors (Lipinski definition) is 5. The average molecular weight is 262 g/mol. The Morgan fingerprint density at radius 2 is 2.22 bits per heavy atom. The minimum atomic E-state index is -0.987. The van der Waals surface area contributed by atoms with Crippen LogP contribution in [0.1, 0.15) is 12.8 Å². The summed E-state index contributed by atoms with van der Waals surface area (Å²) in [6.45, 7) is 0.294. The second-order valence-corrected chi connectivity index (χ2v) is 3.41. The van der Waals surface area contributed by atoms with Gasteiger partial charge in [-0.3, -0.25) is 14.6 Å². The van der Waals surface area contributed by atoms with Crippen LogP contribution in [0.4, 0.5) is 0 Å². The third kappa shape index (κ3) is 6.48. The van der Waals surface area contributed by atoms with Crippen molar-refractivity contribution in [1.82, 2.24) is 10.5 Å². The van der Waals surface area contributed by atoms with Crippen LogP contribution in [0.2, 0.25) is 0 Å². The number of nitro groups is 1. The lowest BCUT2D eigenvalue weighted by Gasteiger charge is -2.19. The predicted molar refractivity (Wildman–Crippen MR) is 63.6 cm³/mol. The Labute approximate surface area is 104 Å². The maximum absolute atomic E-state index is 11.7. The fourth-order valence-electron chi connectivity index (χ4n) is 1.18. The third-order valence-corrected chi connectivity index (χ3v) is 2.09. The molecule has 0 aromatic rings. The molecule has 104 valence electrons. The molecule has 0 aliphatic rings. The van der Waals surface area contributed by atoms with Crippen LogP contribution in [0.3, 0.4) is 0 Å². The first-order chi connectivity index (χ1) is 8.38. The minimum absolute atomic E-state index is 0.0610. The predicted octanol–water partition coefficient (Wildman–Crippen LogP) is -1.79. The summed E-state index contributed by atoms with van der Waals surface area (Å²) in [7, 11) is 2.66. The second-order valence-electron chi connectivity index (χ2n) is 3.41. The number of hydrazine groups is 1. The zero-order valence-corrected chi connectivity index (χ0v) is 10.3. The molecule has 0 fully saturated rings. The lowest BCUT2D eigenvalue weighted by Crippen LogP contribution is -2.46. The molecule has 0 aliphatic heterocycles. The van der Waals surface area contributed by atoms with E-state index in [-0.39, 0.29) is 12.4 Å². The molecule has 0 aliphatic carbocycles. The third-order valence-electron chi connectivity index (χ3n) is 2.09. The molecular weight excluding hydrogens is 244 g/mol. The van der Waals surface area contributed by atoms with E-state index in [9.17, 15) is 14.9 Å². The molecular formula is C8H18N6O4. The lowest BCUT2D eigenvalue weighted by atomic mass is 10.1. The molecule has 1 amide bonds. The number of amides is 1. The van der Waals surface area contributed by atoms with Crippen molar-refractivity contribution in [3.05, 3.63) is 10.1 Å². The van der Waals surface area contributed by atoms with Gasteiger partial charge in [-0.05, 0) is 12.8 Å². The first-order valence-electron chi connectivity index (χ1n) is 5.16. The van der Waals surface area contributed by atoms with Crippen molar-refractivity contribution in [2.75, 3.05) is 20.7 Å². The van der Waals surface area contributed by atoms with Gasteiger partial charge in [-0.15, -0.1) is 5.43 Å². The van der Waals surface area contributed by atoms with Crippen LogP contribution < -0.4 is 16.9 Å². The average Bonchev–Trinajstić information content (AvgIpc) is 2.30. The number of hydroxylamine groups is 2. The Hall–Kier alpha value is -2.10. The maximum Gasteiger partial charge on any atom is 0.274 e. The molecule has 10 nitrogen and oxygen atoms in total. The minimum Gasteiger partial charge on any atom is -0.370 e. The van der Waals surface area contributed by atoms with Gasteiger partial charge in [0.05, 0.1) is 7.11 Å². The number of nitrogens with zero attached hydrogens (tertiary/aromatic N) is 3. The highest BCUT2D eigenvalue weighted by Crippen LogP contribution is 2.02. The Bertz CT molecular complexity index is 317. The highest BCUT2D eigenvalue weighted by Gasteiger charge is 2.25. The van der Waals surface area contributed by atoms with Crippen molar-refractivity contribution >= 4 is 11.9 Å². The molecule has 0 saturated heterocycles. The van der Waals surface area contributed by atoms with Gasteiger partial charge >= 0.3 is 0 Å². The molecule has 0 saturated carbocycles. The summed E-state index contributed by atoms with van der Waals surface area (Å²) >= 11 is 0. The van der Waals surface area contributed by atoms with Gasteiger partial charge in [0.25, 0.3) is 5.91 Å². The Morgan fingerprint density at radius 1 is 1.61 bits per heavy atom. The van der Waals surface area contributed by atoms with E-state index in [0.29, 0.717) is 13.0 Å². The normalized spacial score (nSPS) is 11.4. The summed E-state index contributed by atoms with van der Waals surface area (Å²) in [5, 5.41) is 10.5. The van der Waals surface area contributed by atoms with Crippen LogP contribution in [0, 0.1) is 10.1 Å². The van der Waals surface area contributed by atoms with Crippen molar-refractivity contribution in [2.24, 2.45) is 16.5 Å². The monoisotopic (exact) mass is 262 g/mol. The zero-order valence-electron chi connectivity index (χ0n) is 10.3. The zero-order chi connectivity index (χ0) is 14.1. The number of rotatable bonds is 8. The first kappa shape index (κ1) is 15.9. The standard InChI is InChI=1S/C8H18N6O4/c1-13(18-2)7(15)6(12-14(16)17)4-3-5-11-8(9)10/h6,12H,3-5H2,1-2H3,(H4,9,10,11)/t6-/m0/s1. The van der Waals surface area contributed by atoms with Crippen molar-refractivity contribution in [2.45, 2.75) is 18.9 Å². The van der Waals surface area contributed by atoms with Crippen LogP contribution >= 0.6 is 0 Å². The summed E-state index contributed by atoms with van der Waals surface area (Å²) in [4.78, 5) is 30.5. The number of aliphatic imine (C=N–C) groups is 1. The summed E-state index contributed by atoms with van der Waals surface area (Å²) in [6.07, 6.45) is 0.636.